The second kappa shape index (κ2) is 17.8. The second-order valence-corrected chi connectivity index (χ2v) is 13.6. The maximum atomic E-state index is 15.4. The van der Waals surface area contributed by atoms with Gasteiger partial charge in [-0.05, 0) is 23.6 Å². The highest BCUT2D eigenvalue weighted by Gasteiger charge is 2.52. The number of rotatable bonds is 6. The van der Waals surface area contributed by atoms with Crippen molar-refractivity contribution in [3.63, 3.8) is 0 Å². The molecule has 0 heterocycles. The van der Waals surface area contributed by atoms with Crippen molar-refractivity contribution in [2.75, 3.05) is 0 Å². The number of benzene rings is 6. The molecule has 6 rings (SSSR count). The summed E-state index contributed by atoms with van der Waals surface area (Å²) in [5, 5.41) is 0. The number of hydrogen-bond donors (Lipinski definition) is 0. The minimum Gasteiger partial charge on any atom is -0.207 e. The Morgan fingerprint density at radius 1 is 0.306 bits per heavy atom. The summed E-state index contributed by atoms with van der Waals surface area (Å²) in [5.41, 5.74) is -10.1. The van der Waals surface area contributed by atoms with Gasteiger partial charge in [0.05, 0.1) is 0 Å². The van der Waals surface area contributed by atoms with Gasteiger partial charge in [-0.2, -0.15) is 0 Å². The molecule has 0 unspecified atom stereocenters. The summed E-state index contributed by atoms with van der Waals surface area (Å²) in [6, 6.07) is 19.3. The van der Waals surface area contributed by atoms with E-state index in [2.05, 4.69) is 75.4 Å². The van der Waals surface area contributed by atoms with E-state index in [4.69, 9.17) is 0 Å². The standard InChI is InChI=1S/C24BF20.C16H18.H2I/c26-5-1(6(27)14(35)21(42)13(5)34)25(2-7(28)15(36)22(43)16(37)8(2)29,3-9(30)17(38)23(44)18(39)10(3)31)4-11(32)19(40)24(45)20(41)12(4)33;1-13-9-7-8-12-15(13)16(2,3)14-10-5-4-6-11-14;/h;4-12H,1-3H3;1H2/q-1;;+1. The topological polar surface area (TPSA) is 0 Å². The third kappa shape index (κ3) is 7.44. The minimum atomic E-state index is -7.22. The van der Waals surface area contributed by atoms with Gasteiger partial charge in [-0.3, -0.25) is 0 Å². The highest BCUT2D eigenvalue weighted by molar-refractivity contribution is 7.20. The van der Waals surface area contributed by atoms with Gasteiger partial charge in [0.2, 0.25) is 24.0 Å². The van der Waals surface area contributed by atoms with Crippen LogP contribution in [-0.2, 0) is 5.41 Å². The fraction of sp³-hybridized carbons (Fsp3) is 0.100. The molecule has 0 aliphatic carbocycles. The van der Waals surface area contributed by atoms with Crippen LogP contribution in [0.1, 0.15) is 30.5 Å². The summed E-state index contributed by atoms with van der Waals surface area (Å²) in [6.45, 7) is 6.75. The molecule has 0 saturated carbocycles. The van der Waals surface area contributed by atoms with Gasteiger partial charge in [0.1, 0.15) is 52.7 Å². The molecular weight excluding hydrogens is 998 g/mol. The lowest BCUT2D eigenvalue weighted by Gasteiger charge is -2.44. The lowest BCUT2D eigenvalue weighted by atomic mass is 9.12. The molecule has 0 amide bonds. The molecule has 62 heavy (non-hydrogen) atoms. The predicted molar refractivity (Wildman–Crippen MR) is 182 cm³/mol. The molecule has 6 aromatic carbocycles. The number of hydrogen-bond acceptors (Lipinski definition) is 0. The van der Waals surface area contributed by atoms with Crippen molar-refractivity contribution in [3.05, 3.63) is 188 Å². The van der Waals surface area contributed by atoms with Crippen LogP contribution in [0.3, 0.4) is 0 Å². The quantitative estimate of drug-likeness (QED) is 0.0579. The highest BCUT2D eigenvalue weighted by Crippen LogP contribution is 2.34. The van der Waals surface area contributed by atoms with Crippen LogP contribution in [0.2, 0.25) is 0 Å². The Morgan fingerprint density at radius 3 is 0.758 bits per heavy atom. The molecule has 0 N–H and O–H groups in total. The van der Waals surface area contributed by atoms with E-state index >= 15 is 35.1 Å². The van der Waals surface area contributed by atoms with E-state index in [0.717, 1.165) is 0 Å². The Morgan fingerprint density at radius 2 is 0.516 bits per heavy atom. The van der Waals surface area contributed by atoms with Gasteiger partial charge in [-0.25, -0.2) is 87.8 Å². The molecule has 0 aliphatic rings. The molecular formula is C40H20BF20I. The largest absolute Gasteiger partial charge is 0.235 e. The summed E-state index contributed by atoms with van der Waals surface area (Å²) < 4.78 is 294. The summed E-state index contributed by atoms with van der Waals surface area (Å²) in [7, 11) is 0. The van der Waals surface area contributed by atoms with Gasteiger partial charge in [0.25, 0.3) is 0 Å². The monoisotopic (exact) mass is 1020 g/mol. The first kappa shape index (κ1) is 49.4. The van der Waals surface area contributed by atoms with E-state index in [-0.39, 0.29) is 29.4 Å². The van der Waals surface area contributed by atoms with Crippen LogP contribution in [0.4, 0.5) is 87.8 Å². The smallest absolute Gasteiger partial charge is 0.207 e. The van der Waals surface area contributed by atoms with Crippen LogP contribution in [0.25, 0.3) is 0 Å². The zero-order chi connectivity index (χ0) is 46.0. The summed E-state index contributed by atoms with van der Waals surface area (Å²) in [4.78, 5) is 0. The van der Waals surface area contributed by atoms with E-state index in [9.17, 15) is 52.7 Å². The van der Waals surface area contributed by atoms with Crippen molar-refractivity contribution in [1.29, 1.82) is 0 Å². The maximum absolute atomic E-state index is 15.4. The zero-order valence-corrected chi connectivity index (χ0v) is 33.3. The third-order valence-corrected chi connectivity index (χ3v) is 10.0. The van der Waals surface area contributed by atoms with Crippen LogP contribution in [0, 0.1) is 123 Å². The van der Waals surface area contributed by atoms with Crippen molar-refractivity contribution >= 4 is 28.0 Å². The first-order chi connectivity index (χ1) is 28.3. The number of halogens is 21. The molecule has 0 nitrogen and oxygen atoms in total. The van der Waals surface area contributed by atoms with Crippen LogP contribution < -0.4 is 45.8 Å². The molecule has 22 heteroatoms. The number of aryl methyl sites for hydroxylation is 1. The lowest BCUT2D eigenvalue weighted by molar-refractivity contribution is -0.0000222. The van der Waals surface area contributed by atoms with E-state index in [1.54, 1.807) is 0 Å². The molecule has 0 spiro atoms. The van der Waals surface area contributed by atoms with Crippen molar-refractivity contribution < 1.29 is 112 Å². The summed E-state index contributed by atoms with van der Waals surface area (Å²) >= 11 is 0. The second-order valence-electron chi connectivity index (χ2n) is 13.6. The van der Waals surface area contributed by atoms with E-state index in [1.165, 1.54) is 16.7 Å². The Labute approximate surface area is 352 Å². The van der Waals surface area contributed by atoms with Gasteiger partial charge in [0, 0.05) is 5.41 Å². The first-order valence-corrected chi connectivity index (χ1v) is 16.7. The SMILES string of the molecule is Cc1ccccc1C(C)(C)c1ccccc1.Fc1c(F)c(F)c([B-](c2c(F)c(F)c(F)c(F)c2F)(c2c(F)c(F)c(F)c(F)c2F)c2c(F)c(F)c(F)c(F)c2F)c(F)c1F.[IH2+]. The van der Waals surface area contributed by atoms with E-state index in [0.29, 0.717) is 0 Å². The van der Waals surface area contributed by atoms with Crippen molar-refractivity contribution in [2.45, 2.75) is 26.2 Å². The summed E-state index contributed by atoms with van der Waals surface area (Å²) in [6.07, 6.45) is -7.22. The molecule has 0 atom stereocenters. The molecule has 0 saturated heterocycles. The lowest BCUT2D eigenvalue weighted by Crippen LogP contribution is -3.00. The highest BCUT2D eigenvalue weighted by atomic mass is 127. The minimum absolute atomic E-state index is 0. The van der Waals surface area contributed by atoms with Gasteiger partial charge < -0.3 is 0 Å². The van der Waals surface area contributed by atoms with Crippen LogP contribution >= 0.6 is 0 Å². The average molecular weight is 1020 g/mol. The van der Waals surface area contributed by atoms with Crippen molar-refractivity contribution in [2.24, 2.45) is 0 Å². The van der Waals surface area contributed by atoms with Gasteiger partial charge in [-0.15, -0.1) is 21.9 Å². The van der Waals surface area contributed by atoms with Crippen molar-refractivity contribution in [3.8, 4) is 0 Å². The van der Waals surface area contributed by atoms with Crippen molar-refractivity contribution in [1.82, 2.24) is 0 Å². The molecule has 330 valence electrons. The van der Waals surface area contributed by atoms with Gasteiger partial charge >= 0.3 is 0 Å². The Balaban J connectivity index is 0.000000415. The zero-order valence-electron chi connectivity index (χ0n) is 30.8. The van der Waals surface area contributed by atoms with Crippen LogP contribution in [0.5, 0.6) is 0 Å². The van der Waals surface area contributed by atoms with E-state index < -0.39 is 144 Å². The first-order valence-electron chi connectivity index (χ1n) is 16.7. The van der Waals surface area contributed by atoms with Gasteiger partial charge in [0.15, 0.2) is 69.8 Å². The fourth-order valence-electron chi connectivity index (χ4n) is 7.16. The average Bonchev–Trinajstić information content (AvgIpc) is 3.24. The Kier molecular flexibility index (Phi) is 14.2. The third-order valence-electron chi connectivity index (χ3n) is 10.0. The Hall–Kier alpha value is -5.29. The molecule has 0 fully saturated rings. The van der Waals surface area contributed by atoms with Gasteiger partial charge in [-0.1, -0.05) is 68.4 Å². The van der Waals surface area contributed by atoms with E-state index in [1.807, 2.05) is 0 Å². The van der Waals surface area contributed by atoms with Crippen LogP contribution in [0.15, 0.2) is 54.6 Å². The normalized spacial score (nSPS) is 11.7. The Bertz CT molecular complexity index is 2360. The molecule has 0 aliphatic heterocycles. The van der Waals surface area contributed by atoms with Crippen LogP contribution in [-0.4, -0.2) is 6.15 Å². The maximum Gasteiger partial charge on any atom is 0.235 e. The molecule has 6 aromatic rings. The fourth-order valence-corrected chi connectivity index (χ4v) is 7.16. The molecule has 0 radical (unpaired) electrons. The molecule has 0 bridgehead atoms. The molecule has 0 aromatic heterocycles. The predicted octanol–water partition coefficient (Wildman–Crippen LogP) is 6.64. The summed E-state index contributed by atoms with van der Waals surface area (Å²) in [5.74, 6) is -71.4.